The highest BCUT2D eigenvalue weighted by Gasteiger charge is 2.35. The maximum atomic E-state index is 12.6. The van der Waals surface area contributed by atoms with Crippen molar-refractivity contribution in [3.05, 3.63) is 89.2 Å². The number of rotatable bonds is 4. The number of pyridine rings is 1. The molecule has 28 heavy (non-hydrogen) atoms. The monoisotopic (exact) mass is 373 g/mol. The summed E-state index contributed by atoms with van der Waals surface area (Å²) in [4.78, 5) is 42.7. The second-order valence-electron chi connectivity index (χ2n) is 6.25. The van der Waals surface area contributed by atoms with Crippen LogP contribution in [-0.4, -0.2) is 32.7 Å². The molecule has 0 radical (unpaired) electrons. The number of anilines is 1. The van der Waals surface area contributed by atoms with Crippen molar-refractivity contribution in [3.8, 4) is 5.75 Å². The summed E-state index contributed by atoms with van der Waals surface area (Å²) in [5, 5.41) is 12.6. The van der Waals surface area contributed by atoms with Crippen molar-refractivity contribution < 1.29 is 19.5 Å². The lowest BCUT2D eigenvalue weighted by Gasteiger charge is -2.17. The Morgan fingerprint density at radius 1 is 0.964 bits per heavy atom. The van der Waals surface area contributed by atoms with Crippen molar-refractivity contribution in [1.29, 1.82) is 0 Å². The second kappa shape index (κ2) is 6.96. The molecule has 0 aliphatic carbocycles. The van der Waals surface area contributed by atoms with Crippen molar-refractivity contribution in [3.63, 3.8) is 0 Å². The van der Waals surface area contributed by atoms with Crippen molar-refractivity contribution in [1.82, 2.24) is 9.88 Å². The molecule has 7 heteroatoms. The molecule has 0 spiro atoms. The highest BCUT2D eigenvalue weighted by Crippen LogP contribution is 2.28. The third-order valence-corrected chi connectivity index (χ3v) is 4.44. The normalized spacial score (nSPS) is 12.8. The highest BCUT2D eigenvalue weighted by atomic mass is 16.3. The second-order valence-corrected chi connectivity index (χ2v) is 6.25. The summed E-state index contributed by atoms with van der Waals surface area (Å²) in [6.45, 7) is -0.0847. The van der Waals surface area contributed by atoms with E-state index in [1.165, 1.54) is 24.4 Å². The summed E-state index contributed by atoms with van der Waals surface area (Å²) in [6, 6.07) is 15.9. The van der Waals surface area contributed by atoms with Crippen LogP contribution < -0.4 is 5.32 Å². The molecule has 2 aromatic carbocycles. The number of carbonyl (C=O) groups is 3. The summed E-state index contributed by atoms with van der Waals surface area (Å²) >= 11 is 0. The minimum Gasteiger partial charge on any atom is -0.508 e. The van der Waals surface area contributed by atoms with Gasteiger partial charge in [-0.1, -0.05) is 18.2 Å². The highest BCUT2D eigenvalue weighted by molar-refractivity contribution is 6.21. The van der Waals surface area contributed by atoms with Gasteiger partial charge in [-0.25, -0.2) is 0 Å². The van der Waals surface area contributed by atoms with E-state index in [0.717, 1.165) is 4.90 Å². The van der Waals surface area contributed by atoms with Crippen LogP contribution in [0.25, 0.3) is 0 Å². The van der Waals surface area contributed by atoms with Crippen LogP contribution in [0.3, 0.4) is 0 Å². The van der Waals surface area contributed by atoms with E-state index in [4.69, 9.17) is 0 Å². The summed E-state index contributed by atoms with van der Waals surface area (Å²) < 4.78 is 0. The van der Waals surface area contributed by atoms with Crippen molar-refractivity contribution in [2.45, 2.75) is 6.54 Å². The molecule has 138 valence electrons. The SMILES string of the molecule is O=C(Nc1ccc(O)cc1CN1C(=O)c2ccccc2C1=O)c1ccccn1. The number of amides is 3. The van der Waals surface area contributed by atoms with Crippen LogP contribution in [0.2, 0.25) is 0 Å². The van der Waals surface area contributed by atoms with E-state index in [2.05, 4.69) is 10.3 Å². The van der Waals surface area contributed by atoms with Gasteiger partial charge in [0.2, 0.25) is 0 Å². The first-order valence-corrected chi connectivity index (χ1v) is 8.54. The Hall–Kier alpha value is -4.00. The molecule has 7 nitrogen and oxygen atoms in total. The molecule has 0 saturated carbocycles. The third kappa shape index (κ3) is 3.09. The molecule has 2 N–H and O–H groups in total. The molecular formula is C21H15N3O4. The first-order valence-electron chi connectivity index (χ1n) is 8.54. The maximum Gasteiger partial charge on any atom is 0.274 e. The van der Waals surface area contributed by atoms with E-state index in [0.29, 0.717) is 22.4 Å². The fraction of sp³-hybridized carbons (Fsp3) is 0.0476. The van der Waals surface area contributed by atoms with E-state index in [-0.39, 0.29) is 18.0 Å². The fourth-order valence-corrected chi connectivity index (χ4v) is 3.07. The molecule has 0 atom stereocenters. The Bertz CT molecular complexity index is 1060. The number of imide groups is 1. The number of aromatic hydroxyl groups is 1. The van der Waals surface area contributed by atoms with Crippen LogP contribution in [-0.2, 0) is 6.54 Å². The Balaban J connectivity index is 1.62. The van der Waals surface area contributed by atoms with E-state index >= 15 is 0 Å². The Morgan fingerprint density at radius 3 is 2.29 bits per heavy atom. The van der Waals surface area contributed by atoms with E-state index in [9.17, 15) is 19.5 Å². The molecule has 1 aliphatic rings. The number of phenols is 1. The number of nitrogens with zero attached hydrogens (tertiary/aromatic N) is 2. The standard InChI is InChI=1S/C21H15N3O4/c25-14-8-9-17(23-19(26)18-7-3-4-10-22-18)13(11-14)12-24-20(27)15-5-1-2-6-16(15)21(24)28/h1-11,25H,12H2,(H,23,26). The molecule has 4 rings (SSSR count). The fourth-order valence-electron chi connectivity index (χ4n) is 3.07. The molecule has 3 amide bonds. The zero-order valence-corrected chi connectivity index (χ0v) is 14.6. The number of hydrogen-bond donors (Lipinski definition) is 2. The van der Waals surface area contributed by atoms with Gasteiger partial charge in [-0.2, -0.15) is 0 Å². The maximum absolute atomic E-state index is 12.6. The Kier molecular flexibility index (Phi) is 4.33. The third-order valence-electron chi connectivity index (χ3n) is 4.44. The van der Waals surface area contributed by atoms with Crippen LogP contribution in [0.15, 0.2) is 66.9 Å². The van der Waals surface area contributed by atoms with Crippen molar-refractivity contribution in [2.24, 2.45) is 0 Å². The number of benzene rings is 2. The van der Waals surface area contributed by atoms with Gasteiger partial charge in [-0.15, -0.1) is 0 Å². The average molecular weight is 373 g/mol. The molecule has 0 saturated heterocycles. The van der Waals surface area contributed by atoms with Gasteiger partial charge in [0, 0.05) is 11.9 Å². The number of nitrogens with one attached hydrogen (secondary N) is 1. The van der Waals surface area contributed by atoms with Crippen molar-refractivity contribution >= 4 is 23.4 Å². The van der Waals surface area contributed by atoms with Crippen LogP contribution in [0.4, 0.5) is 5.69 Å². The zero-order chi connectivity index (χ0) is 19.7. The number of aromatic nitrogens is 1. The molecular weight excluding hydrogens is 358 g/mol. The van der Waals surface area contributed by atoms with Gasteiger partial charge in [0.1, 0.15) is 11.4 Å². The van der Waals surface area contributed by atoms with E-state index in [1.54, 1.807) is 42.5 Å². The molecule has 2 heterocycles. The van der Waals surface area contributed by atoms with Gasteiger partial charge < -0.3 is 10.4 Å². The van der Waals surface area contributed by atoms with Crippen LogP contribution >= 0.6 is 0 Å². The Labute approximate surface area is 160 Å². The summed E-state index contributed by atoms with van der Waals surface area (Å²) in [5.74, 6) is -1.30. The predicted octanol–water partition coefficient (Wildman–Crippen LogP) is 2.84. The molecule has 0 fully saturated rings. The van der Waals surface area contributed by atoms with Gasteiger partial charge >= 0.3 is 0 Å². The Morgan fingerprint density at radius 2 is 1.64 bits per heavy atom. The smallest absolute Gasteiger partial charge is 0.274 e. The molecule has 1 aliphatic heterocycles. The topological polar surface area (TPSA) is 99.6 Å². The minimum absolute atomic E-state index is 0.0394. The van der Waals surface area contributed by atoms with Crippen LogP contribution in [0.5, 0.6) is 5.75 Å². The van der Waals surface area contributed by atoms with Gasteiger partial charge in [-0.05, 0) is 48.0 Å². The number of phenolic OH excluding ortho intramolecular Hbond substituents is 1. The lowest BCUT2D eigenvalue weighted by atomic mass is 10.1. The number of fused-ring (bicyclic) bond motifs is 1. The lowest BCUT2D eigenvalue weighted by Crippen LogP contribution is -2.29. The van der Waals surface area contributed by atoms with Crippen molar-refractivity contribution in [2.75, 3.05) is 5.32 Å². The summed E-state index contributed by atoms with van der Waals surface area (Å²) in [5.41, 5.74) is 1.71. The van der Waals surface area contributed by atoms with Crippen LogP contribution in [0.1, 0.15) is 36.8 Å². The van der Waals surface area contributed by atoms with E-state index in [1.807, 2.05) is 0 Å². The minimum atomic E-state index is -0.435. The average Bonchev–Trinajstić information content (AvgIpc) is 2.96. The molecule has 3 aromatic rings. The molecule has 1 aromatic heterocycles. The van der Waals surface area contributed by atoms with Gasteiger partial charge in [0.25, 0.3) is 17.7 Å². The number of hydrogen-bond acceptors (Lipinski definition) is 5. The summed E-state index contributed by atoms with van der Waals surface area (Å²) in [7, 11) is 0. The van der Waals surface area contributed by atoms with Gasteiger partial charge in [0.05, 0.1) is 17.7 Å². The molecule has 0 bridgehead atoms. The lowest BCUT2D eigenvalue weighted by molar-refractivity contribution is 0.0642. The largest absolute Gasteiger partial charge is 0.508 e. The predicted molar refractivity (Wildman–Crippen MR) is 101 cm³/mol. The van der Waals surface area contributed by atoms with Crippen LogP contribution in [0, 0.1) is 0 Å². The zero-order valence-electron chi connectivity index (χ0n) is 14.6. The molecule has 0 unspecified atom stereocenters. The number of carbonyl (C=O) groups excluding carboxylic acids is 3. The quantitative estimate of drug-likeness (QED) is 0.541. The van der Waals surface area contributed by atoms with Gasteiger partial charge in [0.15, 0.2) is 0 Å². The van der Waals surface area contributed by atoms with Gasteiger partial charge in [-0.3, -0.25) is 24.3 Å². The van der Waals surface area contributed by atoms with E-state index < -0.39 is 17.7 Å². The first kappa shape index (κ1) is 17.4. The first-order chi connectivity index (χ1) is 13.5. The summed E-state index contributed by atoms with van der Waals surface area (Å²) in [6.07, 6.45) is 1.51.